The summed E-state index contributed by atoms with van der Waals surface area (Å²) >= 11 is -0.985. The van der Waals surface area contributed by atoms with Gasteiger partial charge in [0, 0.05) is 0 Å². The second kappa shape index (κ2) is 11.6. The molecule has 0 aromatic heterocycles. The maximum Gasteiger partial charge on any atom is -1.00 e. The molecule has 30 heavy (non-hydrogen) atoms. The summed E-state index contributed by atoms with van der Waals surface area (Å²) in [4.78, 5) is 0. The van der Waals surface area contributed by atoms with Crippen LogP contribution in [0.1, 0.15) is 67.4 Å². The van der Waals surface area contributed by atoms with E-state index in [2.05, 4.69) is 82.3 Å². The number of allylic oxidation sites excluding steroid dienone is 2. The molecule has 0 amide bonds. The summed E-state index contributed by atoms with van der Waals surface area (Å²) in [6.45, 7) is 9.33. The SMILES string of the molecule is CCCP(CCC)C1=Cc2ccccc2[CH]1[Hf+2][CH]1C=Cc2c(C)ccc(C)c21.[Cl-].[Cl-]. The molecule has 0 heterocycles. The van der Waals surface area contributed by atoms with Crippen molar-refractivity contribution in [3.63, 3.8) is 0 Å². The minimum absolute atomic E-state index is 0. The third-order valence-corrected chi connectivity index (χ3v) is 16.5. The molecule has 0 bridgehead atoms. The minimum atomic E-state index is -0.985. The van der Waals surface area contributed by atoms with Gasteiger partial charge in [-0.15, -0.1) is 0 Å². The van der Waals surface area contributed by atoms with Crippen molar-refractivity contribution in [3.8, 4) is 0 Å². The van der Waals surface area contributed by atoms with Crippen molar-refractivity contribution >= 4 is 20.1 Å². The van der Waals surface area contributed by atoms with E-state index < -0.39 is 22.9 Å². The van der Waals surface area contributed by atoms with Gasteiger partial charge in [-0.3, -0.25) is 0 Å². The van der Waals surface area contributed by atoms with Crippen molar-refractivity contribution in [2.75, 3.05) is 12.3 Å². The molecule has 0 aliphatic heterocycles. The maximum atomic E-state index is 2.62. The van der Waals surface area contributed by atoms with Crippen LogP contribution < -0.4 is 24.8 Å². The average molecular weight is 624 g/mol. The fourth-order valence-electron chi connectivity index (χ4n) is 4.76. The Morgan fingerprint density at radius 1 is 0.900 bits per heavy atom. The molecular formula is C26H31Cl2HfP. The Kier molecular flexibility index (Phi) is 10.1. The van der Waals surface area contributed by atoms with Crippen LogP contribution in [-0.2, 0) is 22.9 Å². The first kappa shape index (κ1) is 26.1. The molecule has 2 aliphatic carbocycles. The van der Waals surface area contributed by atoms with E-state index in [1.165, 1.54) is 47.4 Å². The first-order valence-electron chi connectivity index (χ1n) is 10.7. The van der Waals surface area contributed by atoms with Crippen molar-refractivity contribution in [3.05, 3.63) is 81.2 Å². The van der Waals surface area contributed by atoms with Crippen molar-refractivity contribution in [2.24, 2.45) is 0 Å². The van der Waals surface area contributed by atoms with Crippen molar-refractivity contribution in [2.45, 2.75) is 47.9 Å². The third-order valence-electron chi connectivity index (χ3n) is 6.09. The van der Waals surface area contributed by atoms with Gasteiger partial charge in [0.1, 0.15) is 0 Å². The second-order valence-electron chi connectivity index (χ2n) is 8.15. The second-order valence-corrected chi connectivity index (χ2v) is 16.1. The van der Waals surface area contributed by atoms with Crippen molar-refractivity contribution in [1.29, 1.82) is 0 Å². The summed E-state index contributed by atoms with van der Waals surface area (Å²) in [5.74, 6) is 0. The Balaban J connectivity index is 0.00000160. The van der Waals surface area contributed by atoms with E-state index in [4.69, 9.17) is 0 Å². The van der Waals surface area contributed by atoms with Gasteiger partial charge >= 0.3 is 184 Å². The Bertz CT molecular complexity index is 929. The van der Waals surface area contributed by atoms with Crippen LogP contribution >= 0.6 is 7.92 Å². The predicted octanol–water partition coefficient (Wildman–Crippen LogP) is 1.86. The summed E-state index contributed by atoms with van der Waals surface area (Å²) in [6.07, 6.45) is 13.1. The van der Waals surface area contributed by atoms with Crippen LogP contribution in [-0.4, -0.2) is 12.3 Å². The minimum Gasteiger partial charge on any atom is -1.00 e. The maximum absolute atomic E-state index is 2.62. The molecule has 2 atom stereocenters. The zero-order valence-electron chi connectivity index (χ0n) is 18.4. The molecule has 0 radical (unpaired) electrons. The molecular weight excluding hydrogens is 593 g/mol. The van der Waals surface area contributed by atoms with E-state index in [0.717, 1.165) is 7.35 Å². The van der Waals surface area contributed by atoms with E-state index in [0.29, 0.717) is 0 Å². The smallest absolute Gasteiger partial charge is 1.00 e. The molecule has 4 rings (SSSR count). The number of hydrogen-bond donors (Lipinski definition) is 0. The Labute approximate surface area is 207 Å². The molecule has 2 aliphatic rings. The molecule has 0 fully saturated rings. The predicted molar refractivity (Wildman–Crippen MR) is 122 cm³/mol. The number of benzene rings is 2. The molecule has 0 N–H and O–H groups in total. The number of aryl methyl sites for hydroxylation is 2. The van der Waals surface area contributed by atoms with Crippen molar-refractivity contribution < 1.29 is 47.7 Å². The monoisotopic (exact) mass is 624 g/mol. The number of fused-ring (bicyclic) bond motifs is 2. The topological polar surface area (TPSA) is 0 Å². The normalized spacial score (nSPS) is 18.2. The molecule has 0 saturated heterocycles. The molecule has 4 heteroatoms. The van der Waals surface area contributed by atoms with Crippen LogP contribution in [0.4, 0.5) is 0 Å². The first-order chi connectivity index (χ1) is 13.6. The average Bonchev–Trinajstić information content (AvgIpc) is 3.28. The summed E-state index contributed by atoms with van der Waals surface area (Å²) in [5.41, 5.74) is 9.33. The summed E-state index contributed by atoms with van der Waals surface area (Å²) < 4.78 is 1.54. The van der Waals surface area contributed by atoms with Crippen molar-refractivity contribution in [1.82, 2.24) is 0 Å². The molecule has 0 nitrogen and oxygen atoms in total. The standard InChI is InChI=1S/C15H20P.C11H11.2ClH.Hf/c1-3-9-16(10-4-2)15-11-13-7-5-6-8-14(13)12-15;1-8-6-7-9(2)11-5-3-4-10(8)11;;;/h5-8,11-12H,3-4,9-10H2,1-2H3;3-7H,1-2H3;2*1H;/q;;;;+2/p-2. The van der Waals surface area contributed by atoms with Crippen LogP contribution in [0.2, 0.25) is 0 Å². The van der Waals surface area contributed by atoms with E-state index >= 15 is 0 Å². The van der Waals surface area contributed by atoms with E-state index in [1.54, 1.807) is 11.1 Å². The van der Waals surface area contributed by atoms with E-state index in [-0.39, 0.29) is 32.7 Å². The Morgan fingerprint density at radius 3 is 2.27 bits per heavy atom. The van der Waals surface area contributed by atoms with Gasteiger partial charge in [0.15, 0.2) is 0 Å². The van der Waals surface area contributed by atoms with Crippen LogP contribution in [0.25, 0.3) is 12.2 Å². The molecule has 158 valence electrons. The van der Waals surface area contributed by atoms with E-state index in [9.17, 15) is 0 Å². The van der Waals surface area contributed by atoms with Gasteiger partial charge in [0.25, 0.3) is 0 Å². The van der Waals surface area contributed by atoms with Crippen LogP contribution in [0, 0.1) is 13.8 Å². The first-order valence-corrected chi connectivity index (χ1v) is 16.6. The summed E-state index contributed by atoms with van der Waals surface area (Å²) in [5, 5.41) is 1.86. The fourth-order valence-corrected chi connectivity index (χ4v) is 16.5. The van der Waals surface area contributed by atoms with Gasteiger partial charge < -0.3 is 24.8 Å². The zero-order chi connectivity index (χ0) is 19.7. The van der Waals surface area contributed by atoms with Crippen LogP contribution in [0.3, 0.4) is 0 Å². The number of rotatable bonds is 7. The fraction of sp³-hybridized carbons (Fsp3) is 0.385. The van der Waals surface area contributed by atoms with Crippen LogP contribution in [0.15, 0.2) is 47.8 Å². The molecule has 2 aromatic rings. The Hall–Kier alpha value is -0.200. The van der Waals surface area contributed by atoms with Crippen LogP contribution in [0.5, 0.6) is 0 Å². The molecule has 2 unspecified atom stereocenters. The summed E-state index contributed by atoms with van der Waals surface area (Å²) in [7, 11) is 0.0366. The van der Waals surface area contributed by atoms with E-state index in [1.807, 2.05) is 5.31 Å². The number of halogens is 2. The molecule has 0 spiro atoms. The van der Waals surface area contributed by atoms with Gasteiger partial charge in [-0.2, -0.15) is 0 Å². The van der Waals surface area contributed by atoms with Gasteiger partial charge in [-0.25, -0.2) is 0 Å². The van der Waals surface area contributed by atoms with Gasteiger partial charge in [-0.05, 0) is 0 Å². The molecule has 2 aromatic carbocycles. The molecule has 0 saturated carbocycles. The van der Waals surface area contributed by atoms with Gasteiger partial charge in [-0.1, -0.05) is 0 Å². The quantitative estimate of drug-likeness (QED) is 0.327. The third kappa shape index (κ3) is 5.06. The summed E-state index contributed by atoms with van der Waals surface area (Å²) in [6, 6.07) is 13.9. The number of hydrogen-bond acceptors (Lipinski definition) is 0. The Morgan fingerprint density at radius 2 is 1.57 bits per heavy atom. The zero-order valence-corrected chi connectivity index (χ0v) is 24.4. The van der Waals surface area contributed by atoms with Gasteiger partial charge in [0.05, 0.1) is 0 Å². The van der Waals surface area contributed by atoms with Gasteiger partial charge in [0.2, 0.25) is 0 Å². The largest absolute Gasteiger partial charge is 1.00 e.